The molecule has 0 aromatic heterocycles. The van der Waals surface area contributed by atoms with E-state index in [0.717, 1.165) is 4.90 Å². The van der Waals surface area contributed by atoms with Gasteiger partial charge in [-0.25, -0.2) is 0 Å². The van der Waals surface area contributed by atoms with Crippen LogP contribution >= 0.6 is 0 Å². The van der Waals surface area contributed by atoms with Crippen LogP contribution < -0.4 is 0 Å². The third kappa shape index (κ3) is 6.48. The monoisotopic (exact) mass is 322 g/mol. The molecule has 1 rings (SSSR count). The van der Waals surface area contributed by atoms with Crippen LogP contribution in [-0.2, 0) is 14.4 Å². The summed E-state index contributed by atoms with van der Waals surface area (Å²) in [6.07, 6.45) is 0.290. The Labute approximate surface area is 96.2 Å². The van der Waals surface area contributed by atoms with Crippen LogP contribution in [0.25, 0.3) is 0 Å². The van der Waals surface area contributed by atoms with E-state index in [1.807, 2.05) is 0 Å². The predicted molar refractivity (Wildman–Crippen MR) is 56.9 cm³/mol. The Kier molecular flexibility index (Phi) is 6.54. The molecule has 0 aliphatic carbocycles. The van der Waals surface area contributed by atoms with Crippen LogP contribution in [0.2, 0.25) is 14.8 Å². The Morgan fingerprint density at radius 3 is 1.87 bits per heavy atom. The van der Waals surface area contributed by atoms with E-state index in [2.05, 4.69) is 14.8 Å². The standard InChI is InChI=1S/C6H7NO4.3CH3.Sn/c8-4-1-2-5(9)7(4)3-6(10)11;;;;/h1-3H2,(H,10,11);3*1H3;. The molecule has 0 aromatic carbocycles. The maximum atomic E-state index is 10.8. The number of carboxylic acid groups (broad SMARTS) is 1. The molecule has 1 aliphatic rings. The zero-order chi connectivity index (χ0) is 12.0. The fourth-order valence-corrected chi connectivity index (χ4v) is 0.934. The molecule has 0 aromatic rings. The minimum absolute atomic E-state index is 0.145. The van der Waals surface area contributed by atoms with Crippen LogP contribution in [0.3, 0.4) is 0 Å². The van der Waals surface area contributed by atoms with Gasteiger partial charge in [0, 0.05) is 12.8 Å². The Morgan fingerprint density at radius 1 is 1.27 bits per heavy atom. The summed E-state index contributed by atoms with van der Waals surface area (Å²) in [7, 11) is 0. The molecule has 0 saturated carbocycles. The molecule has 6 heteroatoms. The van der Waals surface area contributed by atoms with Crippen LogP contribution in [0.4, 0.5) is 0 Å². The quantitative estimate of drug-likeness (QED) is 0.597. The van der Waals surface area contributed by atoms with Crippen LogP contribution in [0.1, 0.15) is 12.8 Å². The molecule has 15 heavy (non-hydrogen) atoms. The molecular formula is C9H16NO4Sn. The van der Waals surface area contributed by atoms with Crippen molar-refractivity contribution in [3.63, 3.8) is 0 Å². The number of likely N-dealkylation sites (tertiary alicyclic amines) is 1. The van der Waals surface area contributed by atoms with E-state index in [0.29, 0.717) is 0 Å². The molecule has 2 amide bonds. The summed E-state index contributed by atoms with van der Waals surface area (Å²) in [6.45, 7) is -0.502. The number of amides is 2. The zero-order valence-corrected chi connectivity index (χ0v) is 12.1. The summed E-state index contributed by atoms with van der Waals surface area (Å²) in [4.78, 5) is 39.5. The zero-order valence-electron chi connectivity index (χ0n) is 9.24. The number of carbonyl (C=O) groups excluding carboxylic acids is 2. The van der Waals surface area contributed by atoms with Crippen molar-refractivity contribution in [1.82, 2.24) is 4.90 Å². The number of rotatable bonds is 2. The third-order valence-corrected chi connectivity index (χ3v) is 1.45. The van der Waals surface area contributed by atoms with E-state index >= 15 is 0 Å². The van der Waals surface area contributed by atoms with Crippen molar-refractivity contribution in [3.05, 3.63) is 0 Å². The van der Waals surface area contributed by atoms with Gasteiger partial charge in [0.25, 0.3) is 0 Å². The van der Waals surface area contributed by atoms with Gasteiger partial charge in [0.2, 0.25) is 11.8 Å². The summed E-state index contributed by atoms with van der Waals surface area (Å²) in [5.74, 6) is -1.94. The van der Waals surface area contributed by atoms with E-state index in [1.54, 1.807) is 0 Å². The van der Waals surface area contributed by atoms with Gasteiger partial charge in [-0.2, -0.15) is 0 Å². The molecule has 0 unspecified atom stereocenters. The SMILES string of the molecule is O=C(O)CN1C(=O)CCC1=O.[CH3][Sn]([CH3])[CH3]. The van der Waals surface area contributed by atoms with Crippen molar-refractivity contribution < 1.29 is 19.5 Å². The number of hydrogen-bond donors (Lipinski definition) is 1. The van der Waals surface area contributed by atoms with E-state index in [4.69, 9.17) is 5.11 Å². The fourth-order valence-electron chi connectivity index (χ4n) is 0.934. The van der Waals surface area contributed by atoms with Crippen LogP contribution in [0.15, 0.2) is 0 Å². The summed E-state index contributed by atoms with van der Waals surface area (Å²) < 4.78 is 0. The Balaban J connectivity index is 0.000000423. The van der Waals surface area contributed by atoms with E-state index in [-0.39, 0.29) is 12.8 Å². The average Bonchev–Trinajstić information content (AvgIpc) is 2.34. The maximum absolute atomic E-state index is 10.8. The number of aliphatic carboxylic acids is 1. The Morgan fingerprint density at radius 2 is 1.60 bits per heavy atom. The molecule has 85 valence electrons. The summed E-state index contributed by atoms with van der Waals surface area (Å²) in [5, 5.41) is 8.26. The van der Waals surface area contributed by atoms with Crippen LogP contribution in [0, 0.1) is 0 Å². The van der Waals surface area contributed by atoms with Gasteiger partial charge in [0.05, 0.1) is 0 Å². The van der Waals surface area contributed by atoms with Gasteiger partial charge in [0.15, 0.2) is 0 Å². The summed E-state index contributed by atoms with van der Waals surface area (Å²) in [6, 6.07) is 0. The first-order valence-corrected chi connectivity index (χ1v) is 13.2. The molecule has 0 bridgehead atoms. The molecule has 1 fully saturated rings. The normalized spacial score (nSPS) is 15.3. The third-order valence-electron chi connectivity index (χ3n) is 1.45. The Hall–Kier alpha value is -0.591. The van der Waals surface area contributed by atoms with Gasteiger partial charge in [-0.3, -0.25) is 19.3 Å². The molecule has 0 atom stereocenters. The van der Waals surface area contributed by atoms with Gasteiger partial charge < -0.3 is 5.11 Å². The number of carboxylic acids is 1. The molecule has 1 heterocycles. The van der Waals surface area contributed by atoms with Gasteiger partial charge >= 0.3 is 40.5 Å². The van der Waals surface area contributed by atoms with E-state index < -0.39 is 44.1 Å². The van der Waals surface area contributed by atoms with Gasteiger partial charge in [-0.1, -0.05) is 0 Å². The molecule has 1 aliphatic heterocycles. The number of carbonyl (C=O) groups is 3. The van der Waals surface area contributed by atoms with Crippen LogP contribution in [-0.4, -0.2) is 54.1 Å². The second kappa shape index (κ2) is 6.81. The summed E-state index contributed by atoms with van der Waals surface area (Å²) >= 11 is -0.543. The molecule has 0 spiro atoms. The summed E-state index contributed by atoms with van der Waals surface area (Å²) in [5.41, 5.74) is 0. The number of imide groups is 1. The number of hydrogen-bond acceptors (Lipinski definition) is 3. The van der Waals surface area contributed by atoms with Crippen molar-refractivity contribution >= 4 is 37.5 Å². The molecule has 1 radical (unpaired) electrons. The first-order chi connectivity index (χ1) is 6.84. The van der Waals surface area contributed by atoms with Gasteiger partial charge in [0.1, 0.15) is 6.54 Å². The fraction of sp³-hybridized carbons (Fsp3) is 0.667. The van der Waals surface area contributed by atoms with Gasteiger partial charge in [-0.05, 0) is 0 Å². The van der Waals surface area contributed by atoms with E-state index in [9.17, 15) is 14.4 Å². The molecule has 5 nitrogen and oxygen atoms in total. The second-order valence-corrected chi connectivity index (χ2v) is 12.3. The van der Waals surface area contributed by atoms with Crippen molar-refractivity contribution in [3.8, 4) is 0 Å². The van der Waals surface area contributed by atoms with Crippen LogP contribution in [0.5, 0.6) is 0 Å². The van der Waals surface area contributed by atoms with E-state index in [1.165, 1.54) is 0 Å². The first kappa shape index (κ1) is 14.4. The topological polar surface area (TPSA) is 74.7 Å². The van der Waals surface area contributed by atoms with Crippen molar-refractivity contribution in [2.45, 2.75) is 27.7 Å². The first-order valence-electron chi connectivity index (χ1n) is 4.66. The molecule has 1 N–H and O–H groups in total. The predicted octanol–water partition coefficient (Wildman–Crippen LogP) is 0.591. The molecular weight excluding hydrogens is 305 g/mol. The van der Waals surface area contributed by atoms with Crippen molar-refractivity contribution in [2.75, 3.05) is 6.54 Å². The Bertz CT molecular complexity index is 246. The number of nitrogens with zero attached hydrogens (tertiary/aromatic N) is 1. The molecule has 1 saturated heterocycles. The average molecular weight is 321 g/mol. The minimum atomic E-state index is -1.16. The van der Waals surface area contributed by atoms with Crippen molar-refractivity contribution in [2.24, 2.45) is 0 Å². The second-order valence-electron chi connectivity index (χ2n) is 3.77. The van der Waals surface area contributed by atoms with Crippen molar-refractivity contribution in [1.29, 1.82) is 0 Å². The van der Waals surface area contributed by atoms with Gasteiger partial charge in [-0.15, -0.1) is 0 Å².